The molecule has 0 saturated carbocycles. The molecule has 0 unspecified atom stereocenters. The van der Waals surface area contributed by atoms with Crippen LogP contribution in [0.5, 0.6) is 0 Å². The molecule has 0 spiro atoms. The lowest BCUT2D eigenvalue weighted by Gasteiger charge is -2.37. The molecule has 112 valence electrons. The van der Waals surface area contributed by atoms with Crippen molar-refractivity contribution < 1.29 is 9.59 Å². The van der Waals surface area contributed by atoms with E-state index in [0.29, 0.717) is 19.8 Å². The number of H-pyrrole nitrogens is 1. The van der Waals surface area contributed by atoms with Crippen LogP contribution in [-0.2, 0) is 13.1 Å². The molecule has 3 N–H and O–H groups in total. The number of fused-ring (bicyclic) bond motifs is 5. The molecule has 4 rings (SSSR count). The summed E-state index contributed by atoms with van der Waals surface area (Å²) >= 11 is 0. The van der Waals surface area contributed by atoms with Gasteiger partial charge in [-0.25, -0.2) is 4.98 Å². The SMILES string of the molecule is NC(=O)c1cn2c(cc1=O)C(=O)N1Cc3[nH]cnc3CN2C1. The summed E-state index contributed by atoms with van der Waals surface area (Å²) in [6.07, 6.45) is 2.91. The summed E-state index contributed by atoms with van der Waals surface area (Å²) in [6, 6.07) is 1.16. The van der Waals surface area contributed by atoms with Crippen LogP contribution in [0.3, 0.4) is 0 Å². The number of rotatable bonds is 1. The molecule has 2 aromatic rings. The monoisotopic (exact) mass is 300 g/mol. The number of nitrogens with one attached hydrogen (secondary N) is 1. The van der Waals surface area contributed by atoms with Crippen LogP contribution >= 0.6 is 0 Å². The number of primary amides is 1. The molecule has 4 heterocycles. The highest BCUT2D eigenvalue weighted by atomic mass is 16.2. The largest absolute Gasteiger partial charge is 0.365 e. The van der Waals surface area contributed by atoms with E-state index in [0.717, 1.165) is 17.5 Å². The van der Waals surface area contributed by atoms with Crippen LogP contribution in [0.15, 0.2) is 23.4 Å². The molecule has 2 amide bonds. The third kappa shape index (κ3) is 1.65. The smallest absolute Gasteiger partial charge is 0.274 e. The molecular weight excluding hydrogens is 288 g/mol. The minimum Gasteiger partial charge on any atom is -0.365 e. The number of aromatic amines is 1. The third-order valence-electron chi connectivity index (χ3n) is 3.93. The highest BCUT2D eigenvalue weighted by molar-refractivity contribution is 5.96. The quantitative estimate of drug-likeness (QED) is 0.681. The van der Waals surface area contributed by atoms with Gasteiger partial charge in [0, 0.05) is 12.3 Å². The number of aromatic nitrogens is 3. The van der Waals surface area contributed by atoms with Crippen LogP contribution in [0.1, 0.15) is 32.2 Å². The Labute approximate surface area is 123 Å². The van der Waals surface area contributed by atoms with Gasteiger partial charge in [0.25, 0.3) is 11.8 Å². The van der Waals surface area contributed by atoms with Crippen LogP contribution in [0.25, 0.3) is 0 Å². The zero-order valence-corrected chi connectivity index (χ0v) is 11.4. The topological polar surface area (TPSA) is 117 Å². The van der Waals surface area contributed by atoms with Gasteiger partial charge in [0.05, 0.1) is 30.8 Å². The second kappa shape index (κ2) is 4.20. The average molecular weight is 300 g/mol. The lowest BCUT2D eigenvalue weighted by atomic mass is 10.2. The van der Waals surface area contributed by atoms with Gasteiger partial charge in [0.15, 0.2) is 5.43 Å². The van der Waals surface area contributed by atoms with Crippen molar-refractivity contribution in [2.75, 3.05) is 11.7 Å². The Morgan fingerprint density at radius 3 is 2.91 bits per heavy atom. The first kappa shape index (κ1) is 12.6. The molecule has 0 saturated heterocycles. The van der Waals surface area contributed by atoms with E-state index in [1.165, 1.54) is 10.9 Å². The first-order valence-corrected chi connectivity index (χ1v) is 6.66. The van der Waals surface area contributed by atoms with E-state index in [1.54, 1.807) is 11.2 Å². The molecule has 0 atom stereocenters. The van der Waals surface area contributed by atoms with E-state index in [1.807, 2.05) is 5.01 Å². The van der Waals surface area contributed by atoms with Gasteiger partial charge in [-0.05, 0) is 0 Å². The maximum absolute atomic E-state index is 12.5. The van der Waals surface area contributed by atoms with Crippen molar-refractivity contribution in [1.82, 2.24) is 19.5 Å². The molecule has 9 heteroatoms. The summed E-state index contributed by atoms with van der Waals surface area (Å²) in [5.74, 6) is -1.09. The maximum Gasteiger partial charge on any atom is 0.274 e. The van der Waals surface area contributed by atoms with E-state index in [9.17, 15) is 14.4 Å². The lowest BCUT2D eigenvalue weighted by molar-refractivity contribution is 0.0682. The van der Waals surface area contributed by atoms with E-state index >= 15 is 0 Å². The van der Waals surface area contributed by atoms with Crippen molar-refractivity contribution in [3.05, 3.63) is 51.5 Å². The second-order valence-corrected chi connectivity index (χ2v) is 5.28. The van der Waals surface area contributed by atoms with Gasteiger partial charge in [-0.15, -0.1) is 0 Å². The van der Waals surface area contributed by atoms with Crippen molar-refractivity contribution in [3.63, 3.8) is 0 Å². The van der Waals surface area contributed by atoms with Crippen LogP contribution in [0.4, 0.5) is 0 Å². The van der Waals surface area contributed by atoms with Crippen LogP contribution < -0.4 is 16.2 Å². The zero-order valence-electron chi connectivity index (χ0n) is 11.4. The predicted octanol–water partition coefficient (Wildman–Crippen LogP) is -1.26. The lowest BCUT2D eigenvalue weighted by Crippen LogP contribution is -2.52. The minimum absolute atomic E-state index is 0.142. The molecular formula is C13H12N6O3. The van der Waals surface area contributed by atoms with Crippen molar-refractivity contribution in [3.8, 4) is 0 Å². The van der Waals surface area contributed by atoms with Gasteiger partial charge in [-0.3, -0.25) is 24.1 Å². The number of nitrogens with zero attached hydrogens (tertiary/aromatic N) is 4. The highest BCUT2D eigenvalue weighted by Crippen LogP contribution is 2.22. The van der Waals surface area contributed by atoms with E-state index < -0.39 is 11.3 Å². The fourth-order valence-electron chi connectivity index (χ4n) is 2.83. The fraction of sp³-hybridized carbons (Fsp3) is 0.231. The van der Waals surface area contributed by atoms with E-state index in [2.05, 4.69) is 9.97 Å². The zero-order chi connectivity index (χ0) is 15.4. The average Bonchev–Trinajstić information content (AvgIpc) is 2.83. The Bertz CT molecular complexity index is 867. The molecule has 0 aliphatic carbocycles. The molecule has 2 bridgehead atoms. The Morgan fingerprint density at radius 1 is 1.32 bits per heavy atom. The van der Waals surface area contributed by atoms with Crippen LogP contribution in [0, 0.1) is 0 Å². The Hall–Kier alpha value is -3.10. The number of hydrogen-bond acceptors (Lipinski definition) is 5. The van der Waals surface area contributed by atoms with Gasteiger partial charge in [-0.1, -0.05) is 0 Å². The molecule has 0 radical (unpaired) electrons. The van der Waals surface area contributed by atoms with Crippen molar-refractivity contribution in [2.45, 2.75) is 13.1 Å². The molecule has 2 aliphatic rings. The summed E-state index contributed by atoms with van der Waals surface area (Å²) in [5.41, 5.74) is 6.42. The van der Waals surface area contributed by atoms with Gasteiger partial charge in [0.1, 0.15) is 17.9 Å². The first-order chi connectivity index (χ1) is 10.5. The number of imidazole rings is 1. The normalized spacial score (nSPS) is 16.1. The Kier molecular flexibility index (Phi) is 2.41. The maximum atomic E-state index is 12.5. The summed E-state index contributed by atoms with van der Waals surface area (Å²) in [6.45, 7) is 1.20. The van der Waals surface area contributed by atoms with Crippen LogP contribution in [-0.4, -0.2) is 38.0 Å². The molecule has 0 fully saturated rings. The van der Waals surface area contributed by atoms with Crippen molar-refractivity contribution >= 4 is 11.8 Å². The van der Waals surface area contributed by atoms with Gasteiger partial charge < -0.3 is 15.6 Å². The highest BCUT2D eigenvalue weighted by Gasteiger charge is 2.33. The molecule has 22 heavy (non-hydrogen) atoms. The molecule has 0 aromatic carbocycles. The van der Waals surface area contributed by atoms with Gasteiger partial charge in [-0.2, -0.15) is 0 Å². The van der Waals surface area contributed by atoms with Gasteiger partial charge >= 0.3 is 0 Å². The number of nitrogens with two attached hydrogens (primary N) is 1. The molecule has 2 aliphatic heterocycles. The standard InChI is InChI=1S/C13H12N6O3/c14-12(21)7-2-19-10(1-11(7)20)13(22)17-3-8-9(16-5-15-8)4-18(19)6-17/h1-2,5H,3-4,6H2,(H2,14,21)(H,15,16). The predicted molar refractivity (Wildman–Crippen MR) is 74.5 cm³/mol. The summed E-state index contributed by atoms with van der Waals surface area (Å²) < 4.78 is 1.52. The van der Waals surface area contributed by atoms with Crippen molar-refractivity contribution in [2.24, 2.45) is 5.73 Å². The third-order valence-corrected chi connectivity index (χ3v) is 3.93. The number of hydrogen-bond donors (Lipinski definition) is 2. The summed E-state index contributed by atoms with van der Waals surface area (Å²) in [5, 5.41) is 1.83. The van der Waals surface area contributed by atoms with Crippen molar-refractivity contribution in [1.29, 1.82) is 0 Å². The minimum atomic E-state index is -0.814. The Balaban J connectivity index is 1.91. The number of carbonyl (C=O) groups is 2. The second-order valence-electron chi connectivity index (χ2n) is 5.28. The summed E-state index contributed by atoms with van der Waals surface area (Å²) in [7, 11) is 0. The number of pyridine rings is 1. The number of amides is 2. The molecule has 2 aromatic heterocycles. The fourth-order valence-corrected chi connectivity index (χ4v) is 2.83. The van der Waals surface area contributed by atoms with Crippen LogP contribution in [0.2, 0.25) is 0 Å². The number of carbonyl (C=O) groups excluding carboxylic acids is 2. The van der Waals surface area contributed by atoms with E-state index in [-0.39, 0.29) is 17.2 Å². The molecule has 9 nitrogen and oxygen atoms in total. The van der Waals surface area contributed by atoms with E-state index in [4.69, 9.17) is 5.73 Å². The summed E-state index contributed by atoms with van der Waals surface area (Å²) in [4.78, 5) is 44.7. The first-order valence-electron chi connectivity index (χ1n) is 6.66. The Morgan fingerprint density at radius 2 is 2.14 bits per heavy atom. The van der Waals surface area contributed by atoms with Gasteiger partial charge in [0.2, 0.25) is 0 Å².